The minimum absolute atomic E-state index is 0.0215. The van der Waals surface area contributed by atoms with Gasteiger partial charge in [-0.05, 0) is 10.8 Å². The van der Waals surface area contributed by atoms with Crippen molar-refractivity contribution in [2.75, 3.05) is 14.1 Å². The summed E-state index contributed by atoms with van der Waals surface area (Å²) in [7, 11) is 3.04. The Morgan fingerprint density at radius 2 is 1.53 bits per heavy atom. The molecule has 0 heterocycles. The molecule has 0 aromatic rings. The van der Waals surface area contributed by atoms with Gasteiger partial charge in [-0.15, -0.1) is 0 Å². The quantitative estimate of drug-likeness (QED) is 0.715. The molecule has 1 aliphatic rings. The number of nitrogens with one attached hydrogen (secondary N) is 1. The Hall–Kier alpha value is -1.06. The largest absolute Gasteiger partial charge is 0.341 e. The SMILES string of the molecule is CNC(=O)N(C)C(=O)C1C(C)(C)C1(C)C. The molecule has 0 aromatic carbocycles. The number of urea groups is 1. The van der Waals surface area contributed by atoms with Crippen LogP contribution in [0.4, 0.5) is 4.79 Å². The number of rotatable bonds is 1. The number of hydrogen-bond acceptors (Lipinski definition) is 2. The summed E-state index contributed by atoms with van der Waals surface area (Å²) in [5.41, 5.74) is -0.0429. The Kier molecular flexibility index (Phi) is 2.58. The molecule has 1 saturated carbocycles. The fourth-order valence-electron chi connectivity index (χ4n) is 2.28. The average Bonchev–Trinajstić information content (AvgIpc) is 2.54. The van der Waals surface area contributed by atoms with E-state index in [1.807, 2.05) is 0 Å². The van der Waals surface area contributed by atoms with E-state index in [0.29, 0.717) is 0 Å². The maximum atomic E-state index is 12.0. The molecular formula is C11H20N2O2. The van der Waals surface area contributed by atoms with Crippen molar-refractivity contribution in [1.29, 1.82) is 0 Å². The van der Waals surface area contributed by atoms with Gasteiger partial charge in [0.15, 0.2) is 0 Å². The van der Waals surface area contributed by atoms with Crippen LogP contribution in [0.5, 0.6) is 0 Å². The normalized spacial score (nSPS) is 22.0. The van der Waals surface area contributed by atoms with Crippen LogP contribution in [0, 0.1) is 16.7 Å². The minimum atomic E-state index is -0.349. The first-order chi connectivity index (χ1) is 6.67. The lowest BCUT2D eigenvalue weighted by Gasteiger charge is -2.15. The van der Waals surface area contributed by atoms with Gasteiger partial charge in [-0.3, -0.25) is 9.69 Å². The Bertz CT molecular complexity index is 294. The molecule has 3 amide bonds. The summed E-state index contributed by atoms with van der Waals surface area (Å²) in [5, 5.41) is 2.45. The van der Waals surface area contributed by atoms with Gasteiger partial charge in [0, 0.05) is 20.0 Å². The zero-order chi connectivity index (χ0) is 12.0. The van der Waals surface area contributed by atoms with E-state index in [0.717, 1.165) is 0 Å². The van der Waals surface area contributed by atoms with E-state index in [9.17, 15) is 9.59 Å². The molecule has 0 spiro atoms. The number of hydrogen-bond donors (Lipinski definition) is 1. The van der Waals surface area contributed by atoms with E-state index < -0.39 is 0 Å². The van der Waals surface area contributed by atoms with Crippen molar-refractivity contribution in [3.05, 3.63) is 0 Å². The van der Waals surface area contributed by atoms with Crippen LogP contribution < -0.4 is 5.32 Å². The lowest BCUT2D eigenvalue weighted by molar-refractivity contribution is -0.129. The minimum Gasteiger partial charge on any atom is -0.341 e. The van der Waals surface area contributed by atoms with Crippen LogP contribution >= 0.6 is 0 Å². The summed E-state index contributed by atoms with van der Waals surface area (Å²) in [5.74, 6) is -0.156. The van der Waals surface area contributed by atoms with E-state index in [-0.39, 0.29) is 28.7 Å². The van der Waals surface area contributed by atoms with Crippen molar-refractivity contribution in [2.45, 2.75) is 27.7 Å². The smallest absolute Gasteiger partial charge is 0.323 e. The van der Waals surface area contributed by atoms with Crippen LogP contribution in [0.3, 0.4) is 0 Å². The third-order valence-corrected chi connectivity index (χ3v) is 4.12. The third kappa shape index (κ3) is 1.52. The highest BCUT2D eigenvalue weighted by molar-refractivity contribution is 5.97. The van der Waals surface area contributed by atoms with E-state index in [2.05, 4.69) is 33.0 Å². The second kappa shape index (κ2) is 3.22. The molecule has 0 bridgehead atoms. The molecule has 0 aliphatic heterocycles. The van der Waals surface area contributed by atoms with Gasteiger partial charge in [0.1, 0.15) is 0 Å². The predicted molar refractivity (Wildman–Crippen MR) is 58.3 cm³/mol. The van der Waals surface area contributed by atoms with Crippen molar-refractivity contribution in [3.63, 3.8) is 0 Å². The van der Waals surface area contributed by atoms with Crippen LogP contribution in [0.15, 0.2) is 0 Å². The van der Waals surface area contributed by atoms with E-state index in [4.69, 9.17) is 0 Å². The molecule has 0 unspecified atom stereocenters. The molecule has 1 fully saturated rings. The highest BCUT2D eigenvalue weighted by Crippen LogP contribution is 2.68. The summed E-state index contributed by atoms with van der Waals surface area (Å²) < 4.78 is 0. The molecule has 0 radical (unpaired) electrons. The average molecular weight is 212 g/mol. The first kappa shape index (κ1) is 12.0. The Morgan fingerprint density at radius 3 is 1.80 bits per heavy atom. The van der Waals surface area contributed by atoms with Crippen LogP contribution in [-0.2, 0) is 4.79 Å². The number of nitrogens with zero attached hydrogens (tertiary/aromatic N) is 1. The molecular weight excluding hydrogens is 192 g/mol. The van der Waals surface area contributed by atoms with Crippen molar-refractivity contribution in [2.24, 2.45) is 16.7 Å². The van der Waals surface area contributed by atoms with Gasteiger partial charge in [0.2, 0.25) is 5.91 Å². The van der Waals surface area contributed by atoms with E-state index >= 15 is 0 Å². The maximum Gasteiger partial charge on any atom is 0.323 e. The van der Waals surface area contributed by atoms with Gasteiger partial charge in [0.05, 0.1) is 0 Å². The monoisotopic (exact) mass is 212 g/mol. The van der Waals surface area contributed by atoms with Gasteiger partial charge >= 0.3 is 6.03 Å². The number of carbonyl (C=O) groups excluding carboxylic acids is 2. The molecule has 1 rings (SSSR count). The number of amides is 3. The van der Waals surface area contributed by atoms with Crippen molar-refractivity contribution < 1.29 is 9.59 Å². The van der Waals surface area contributed by atoms with Crippen LogP contribution in [0.1, 0.15) is 27.7 Å². The van der Waals surface area contributed by atoms with E-state index in [1.54, 1.807) is 0 Å². The van der Waals surface area contributed by atoms with Crippen LogP contribution in [-0.4, -0.2) is 30.9 Å². The van der Waals surface area contributed by atoms with Crippen LogP contribution in [0.2, 0.25) is 0 Å². The highest BCUT2D eigenvalue weighted by atomic mass is 16.2. The van der Waals surface area contributed by atoms with Crippen molar-refractivity contribution in [3.8, 4) is 0 Å². The summed E-state index contributed by atoms with van der Waals surface area (Å²) in [6.45, 7) is 8.25. The molecule has 1 aliphatic carbocycles. The zero-order valence-corrected chi connectivity index (χ0v) is 10.3. The standard InChI is InChI=1S/C11H20N2O2/c1-10(2)7(11(10,3)4)8(14)13(6)9(15)12-5/h7H,1-6H3,(H,12,15). The van der Waals surface area contributed by atoms with Gasteiger partial charge in [0.25, 0.3) is 0 Å². The lowest BCUT2D eigenvalue weighted by atomic mass is 10.0. The van der Waals surface area contributed by atoms with Crippen molar-refractivity contribution >= 4 is 11.9 Å². The first-order valence-corrected chi connectivity index (χ1v) is 5.17. The Morgan fingerprint density at radius 1 is 1.13 bits per heavy atom. The van der Waals surface area contributed by atoms with Gasteiger partial charge in [-0.25, -0.2) is 4.79 Å². The zero-order valence-electron chi connectivity index (χ0n) is 10.3. The predicted octanol–water partition coefficient (Wildman–Crippen LogP) is 1.47. The first-order valence-electron chi connectivity index (χ1n) is 5.17. The summed E-state index contributed by atoms with van der Waals surface area (Å²) >= 11 is 0. The van der Waals surface area contributed by atoms with E-state index in [1.165, 1.54) is 19.0 Å². The molecule has 0 saturated heterocycles. The lowest BCUT2D eigenvalue weighted by Crippen LogP contribution is -2.41. The topological polar surface area (TPSA) is 49.4 Å². The second-order valence-electron chi connectivity index (χ2n) is 5.33. The second-order valence-corrected chi connectivity index (χ2v) is 5.33. The third-order valence-electron chi connectivity index (χ3n) is 4.12. The maximum absolute atomic E-state index is 12.0. The van der Waals surface area contributed by atoms with Gasteiger partial charge in [-0.1, -0.05) is 27.7 Å². The molecule has 15 heavy (non-hydrogen) atoms. The number of carbonyl (C=O) groups is 2. The molecule has 0 aromatic heterocycles. The highest BCUT2D eigenvalue weighted by Gasteiger charge is 2.68. The summed E-state index contributed by atoms with van der Waals surface area (Å²) in [6.07, 6.45) is 0. The molecule has 0 atom stereocenters. The Balaban J connectivity index is 2.78. The molecule has 1 N–H and O–H groups in total. The van der Waals surface area contributed by atoms with Crippen molar-refractivity contribution in [1.82, 2.24) is 10.2 Å². The molecule has 4 heteroatoms. The Labute approximate surface area is 91.0 Å². The molecule has 86 valence electrons. The molecule has 4 nitrogen and oxygen atoms in total. The fraction of sp³-hybridized carbons (Fsp3) is 0.818. The van der Waals surface area contributed by atoms with Gasteiger partial charge in [-0.2, -0.15) is 0 Å². The summed E-state index contributed by atoms with van der Waals surface area (Å²) in [4.78, 5) is 24.5. The number of imide groups is 1. The summed E-state index contributed by atoms with van der Waals surface area (Å²) in [6, 6.07) is -0.349. The van der Waals surface area contributed by atoms with Crippen LogP contribution in [0.25, 0.3) is 0 Å². The van der Waals surface area contributed by atoms with Gasteiger partial charge < -0.3 is 5.32 Å². The fourth-order valence-corrected chi connectivity index (χ4v) is 2.28.